The maximum atomic E-state index is 12.1. The van der Waals surface area contributed by atoms with Crippen LogP contribution >= 0.6 is 0 Å². The quantitative estimate of drug-likeness (QED) is 0.0502. The van der Waals surface area contributed by atoms with Crippen LogP contribution in [0.1, 0.15) is 143 Å². The van der Waals surface area contributed by atoms with Gasteiger partial charge in [0.05, 0.1) is 12.7 Å². The fraction of sp³-hybridized carbons (Fsp3) is 0.730. The Labute approximate surface area is 263 Å². The second-order valence-corrected chi connectivity index (χ2v) is 12.0. The fourth-order valence-electron chi connectivity index (χ4n) is 4.45. The van der Waals surface area contributed by atoms with E-state index in [2.05, 4.69) is 62.5 Å². The van der Waals surface area contributed by atoms with Crippen LogP contribution in [0.3, 0.4) is 0 Å². The summed E-state index contributed by atoms with van der Waals surface area (Å²) in [4.78, 5) is 24.1. The molecule has 0 aromatic rings. The normalized spacial score (nSPS) is 13.6. The third-order valence-electron chi connectivity index (χ3n) is 7.07. The van der Waals surface area contributed by atoms with Crippen molar-refractivity contribution in [3.8, 4) is 0 Å². The van der Waals surface area contributed by atoms with Crippen LogP contribution in [0.2, 0.25) is 0 Å². The number of unbranched alkanes of at least 4 members (excludes halogenated alkanes) is 9. The molecule has 0 amide bonds. The van der Waals surface area contributed by atoms with E-state index in [0.717, 1.165) is 70.1 Å². The molecule has 6 heteroatoms. The number of allylic oxidation sites excluding steroid dienone is 8. The Morgan fingerprint density at radius 2 is 1.09 bits per heavy atom. The zero-order valence-corrected chi connectivity index (χ0v) is 27.7. The van der Waals surface area contributed by atoms with E-state index in [-0.39, 0.29) is 31.3 Å². The van der Waals surface area contributed by atoms with Crippen molar-refractivity contribution in [3.63, 3.8) is 0 Å². The summed E-state index contributed by atoms with van der Waals surface area (Å²) in [5, 5.41) is 18.7. The zero-order chi connectivity index (χ0) is 31.8. The molecule has 0 unspecified atom stereocenters. The number of hydrogen-bond donors (Lipinski definition) is 2. The maximum Gasteiger partial charge on any atom is 0.306 e. The van der Waals surface area contributed by atoms with E-state index in [1.54, 1.807) is 0 Å². The van der Waals surface area contributed by atoms with Crippen molar-refractivity contribution in [1.82, 2.24) is 0 Å². The molecule has 0 rings (SSSR count). The van der Waals surface area contributed by atoms with Gasteiger partial charge in [0.1, 0.15) is 6.61 Å². The molecule has 2 N–H and O–H groups in total. The second-order valence-electron chi connectivity index (χ2n) is 12.0. The number of rotatable bonds is 29. The van der Waals surface area contributed by atoms with Gasteiger partial charge in [0.2, 0.25) is 0 Å². The third kappa shape index (κ3) is 32.6. The number of ether oxygens (including phenoxy) is 2. The molecule has 0 aromatic carbocycles. The van der Waals surface area contributed by atoms with E-state index < -0.39 is 6.10 Å². The highest BCUT2D eigenvalue weighted by Crippen LogP contribution is 2.13. The summed E-state index contributed by atoms with van der Waals surface area (Å²) in [6, 6.07) is 0. The molecule has 0 spiro atoms. The van der Waals surface area contributed by atoms with Crippen LogP contribution < -0.4 is 0 Å². The molecule has 6 nitrogen and oxygen atoms in total. The van der Waals surface area contributed by atoms with Crippen molar-refractivity contribution < 1.29 is 29.3 Å². The van der Waals surface area contributed by atoms with Gasteiger partial charge in [-0.05, 0) is 70.6 Å². The summed E-state index contributed by atoms with van der Waals surface area (Å²) in [6.07, 6.45) is 34.5. The highest BCUT2D eigenvalue weighted by molar-refractivity contribution is 5.70. The average molecular weight is 605 g/mol. The Balaban J connectivity index is 3.72. The first-order chi connectivity index (χ1) is 20.8. The van der Waals surface area contributed by atoms with Crippen molar-refractivity contribution in [2.45, 2.75) is 155 Å². The van der Waals surface area contributed by atoms with E-state index in [9.17, 15) is 19.8 Å². The van der Waals surface area contributed by atoms with Gasteiger partial charge in [0, 0.05) is 12.8 Å². The van der Waals surface area contributed by atoms with Crippen LogP contribution in [0.4, 0.5) is 0 Å². The molecular formula is C37H64O6. The molecule has 0 aliphatic carbocycles. The summed E-state index contributed by atoms with van der Waals surface area (Å²) in [7, 11) is 0. The lowest BCUT2D eigenvalue weighted by Gasteiger charge is -2.15. The monoisotopic (exact) mass is 604 g/mol. The summed E-state index contributed by atoms with van der Waals surface area (Å²) in [5.41, 5.74) is 0. The minimum atomic E-state index is -0.799. The zero-order valence-electron chi connectivity index (χ0n) is 27.7. The number of hydrogen-bond acceptors (Lipinski definition) is 6. The van der Waals surface area contributed by atoms with E-state index in [1.807, 2.05) is 6.92 Å². The Bertz CT molecular complexity index is 765. The molecule has 43 heavy (non-hydrogen) atoms. The van der Waals surface area contributed by atoms with Crippen molar-refractivity contribution >= 4 is 11.9 Å². The van der Waals surface area contributed by atoms with Gasteiger partial charge < -0.3 is 19.7 Å². The number of aliphatic hydroxyl groups excluding tert-OH is 2. The molecule has 0 heterocycles. The maximum absolute atomic E-state index is 12.1. The van der Waals surface area contributed by atoms with Gasteiger partial charge in [-0.1, -0.05) is 114 Å². The molecule has 0 radical (unpaired) electrons. The highest BCUT2D eigenvalue weighted by atomic mass is 16.6. The molecule has 0 saturated heterocycles. The van der Waals surface area contributed by atoms with Gasteiger partial charge in [0.15, 0.2) is 6.10 Å². The molecule has 0 bridgehead atoms. The first kappa shape index (κ1) is 40.8. The van der Waals surface area contributed by atoms with Gasteiger partial charge >= 0.3 is 11.9 Å². The molecular weight excluding hydrogens is 540 g/mol. The average Bonchev–Trinajstić information content (AvgIpc) is 2.97. The van der Waals surface area contributed by atoms with Crippen molar-refractivity contribution in [1.29, 1.82) is 0 Å². The summed E-state index contributed by atoms with van der Waals surface area (Å²) < 4.78 is 10.5. The third-order valence-corrected chi connectivity index (χ3v) is 7.07. The van der Waals surface area contributed by atoms with Crippen molar-refractivity contribution in [2.75, 3.05) is 13.2 Å². The molecule has 0 saturated carbocycles. The van der Waals surface area contributed by atoms with E-state index >= 15 is 0 Å². The highest BCUT2D eigenvalue weighted by Gasteiger charge is 2.16. The lowest BCUT2D eigenvalue weighted by Crippen LogP contribution is -2.28. The topological polar surface area (TPSA) is 93.1 Å². The van der Waals surface area contributed by atoms with E-state index in [0.29, 0.717) is 19.3 Å². The van der Waals surface area contributed by atoms with Gasteiger partial charge in [-0.15, -0.1) is 0 Å². The van der Waals surface area contributed by atoms with Crippen LogP contribution in [0.15, 0.2) is 48.6 Å². The van der Waals surface area contributed by atoms with Gasteiger partial charge in [0.25, 0.3) is 0 Å². The Kier molecular flexibility index (Phi) is 29.7. The second kappa shape index (κ2) is 31.3. The van der Waals surface area contributed by atoms with Crippen LogP contribution in [0.5, 0.6) is 0 Å². The Morgan fingerprint density at radius 1 is 0.605 bits per heavy atom. The number of carbonyl (C=O) groups excluding carboxylic acids is 2. The Morgan fingerprint density at radius 3 is 1.63 bits per heavy atom. The summed E-state index contributed by atoms with van der Waals surface area (Å²) in [6.45, 7) is 5.91. The fourth-order valence-corrected chi connectivity index (χ4v) is 4.45. The van der Waals surface area contributed by atoms with E-state index in [4.69, 9.17) is 9.47 Å². The molecule has 2 atom stereocenters. The predicted molar refractivity (Wildman–Crippen MR) is 179 cm³/mol. The molecule has 0 aromatic heterocycles. The molecule has 248 valence electrons. The van der Waals surface area contributed by atoms with Gasteiger partial charge in [-0.3, -0.25) is 9.59 Å². The standard InChI is InChI=1S/C37H64O6/c1-33(2)27-23-19-15-13-14-18-22-26-30-37(41)43-35(31-38)32-42-36(40)29-25-21-17-12-10-8-6-4-5-7-9-11-16-20-24-28-34(3)39/h5-8,11-12,16-17,33-35,38-39H,4,9-10,13-15,18-32H2,1-3H3/b7-5-,8-6-,16-11-,17-12-/t34-,35+/m1/s1. The smallest absolute Gasteiger partial charge is 0.306 e. The largest absolute Gasteiger partial charge is 0.462 e. The SMILES string of the molecule is CC(C)CCCCCCCCCCC(=O)O[C@@H](CO)COC(=O)CCC/C=C\C/C=C\C/C=C\C/C=C\CCC[C@@H](C)O. The minimum absolute atomic E-state index is 0.104. The Hall–Kier alpha value is -2.18. The van der Waals surface area contributed by atoms with Gasteiger partial charge in [-0.2, -0.15) is 0 Å². The molecule has 0 fully saturated rings. The van der Waals surface area contributed by atoms with Crippen LogP contribution in [-0.2, 0) is 19.1 Å². The lowest BCUT2D eigenvalue weighted by atomic mass is 10.0. The molecule has 0 aliphatic rings. The number of carbonyl (C=O) groups is 2. The number of aliphatic hydroxyl groups is 2. The molecule has 0 aliphatic heterocycles. The first-order valence-electron chi connectivity index (χ1n) is 17.1. The minimum Gasteiger partial charge on any atom is -0.462 e. The van der Waals surface area contributed by atoms with Crippen molar-refractivity contribution in [2.24, 2.45) is 5.92 Å². The lowest BCUT2D eigenvalue weighted by molar-refractivity contribution is -0.161. The number of esters is 2. The van der Waals surface area contributed by atoms with Crippen LogP contribution in [0.25, 0.3) is 0 Å². The summed E-state index contributed by atoms with van der Waals surface area (Å²) in [5.74, 6) is 0.116. The van der Waals surface area contributed by atoms with Crippen LogP contribution in [-0.4, -0.2) is 47.6 Å². The predicted octanol–water partition coefficient (Wildman–Crippen LogP) is 9.11. The summed E-state index contributed by atoms with van der Waals surface area (Å²) >= 11 is 0. The van der Waals surface area contributed by atoms with Crippen LogP contribution in [0, 0.1) is 5.92 Å². The van der Waals surface area contributed by atoms with Crippen molar-refractivity contribution in [3.05, 3.63) is 48.6 Å². The first-order valence-corrected chi connectivity index (χ1v) is 17.1. The van der Waals surface area contributed by atoms with E-state index in [1.165, 1.54) is 38.5 Å². The van der Waals surface area contributed by atoms with Gasteiger partial charge in [-0.25, -0.2) is 0 Å².